The summed E-state index contributed by atoms with van der Waals surface area (Å²) < 4.78 is 0. The Morgan fingerprint density at radius 3 is 3.06 bits per heavy atom. The SMILES string of the molecule is Cc1ccc(NC(=O)CC2CCNC2)cc1Cl. The van der Waals surface area contributed by atoms with Crippen molar-refractivity contribution >= 4 is 23.2 Å². The van der Waals surface area contributed by atoms with Crippen LogP contribution >= 0.6 is 11.6 Å². The molecule has 1 aromatic rings. The van der Waals surface area contributed by atoms with Crippen molar-refractivity contribution in [3.63, 3.8) is 0 Å². The molecular formula is C13H17ClN2O. The highest BCUT2D eigenvalue weighted by Crippen LogP contribution is 2.21. The van der Waals surface area contributed by atoms with E-state index in [2.05, 4.69) is 10.6 Å². The first-order valence-electron chi connectivity index (χ1n) is 5.92. The highest BCUT2D eigenvalue weighted by atomic mass is 35.5. The molecule has 92 valence electrons. The van der Waals surface area contributed by atoms with Crippen LogP contribution in [0.1, 0.15) is 18.4 Å². The Kier molecular flexibility index (Phi) is 4.02. The van der Waals surface area contributed by atoms with E-state index >= 15 is 0 Å². The summed E-state index contributed by atoms with van der Waals surface area (Å²) in [5.74, 6) is 0.537. The van der Waals surface area contributed by atoms with Crippen LogP contribution in [0.25, 0.3) is 0 Å². The minimum atomic E-state index is 0.0682. The molecule has 17 heavy (non-hydrogen) atoms. The highest BCUT2D eigenvalue weighted by Gasteiger charge is 2.17. The zero-order chi connectivity index (χ0) is 12.3. The van der Waals surface area contributed by atoms with Crippen LogP contribution in [-0.2, 0) is 4.79 Å². The van der Waals surface area contributed by atoms with Gasteiger partial charge in [-0.1, -0.05) is 17.7 Å². The molecule has 4 heteroatoms. The van der Waals surface area contributed by atoms with E-state index in [0.717, 1.165) is 30.8 Å². The molecule has 1 fully saturated rings. The second-order valence-electron chi connectivity index (χ2n) is 4.58. The maximum Gasteiger partial charge on any atom is 0.224 e. The van der Waals surface area contributed by atoms with Crippen molar-refractivity contribution in [1.29, 1.82) is 0 Å². The lowest BCUT2D eigenvalue weighted by molar-refractivity contribution is -0.116. The van der Waals surface area contributed by atoms with E-state index < -0.39 is 0 Å². The Hall–Kier alpha value is -1.06. The summed E-state index contributed by atoms with van der Waals surface area (Å²) in [6, 6.07) is 5.59. The summed E-state index contributed by atoms with van der Waals surface area (Å²) >= 11 is 6.01. The molecule has 1 aliphatic rings. The molecule has 2 N–H and O–H groups in total. The average Bonchev–Trinajstić information content (AvgIpc) is 2.76. The summed E-state index contributed by atoms with van der Waals surface area (Å²) in [4.78, 5) is 11.8. The Balaban J connectivity index is 1.90. The number of rotatable bonds is 3. The van der Waals surface area contributed by atoms with Gasteiger partial charge < -0.3 is 10.6 Å². The molecule has 1 unspecified atom stereocenters. The Bertz CT molecular complexity index is 414. The Morgan fingerprint density at radius 2 is 2.41 bits per heavy atom. The standard InChI is InChI=1S/C13H17ClN2O/c1-9-2-3-11(7-12(9)14)16-13(17)6-10-4-5-15-8-10/h2-3,7,10,15H,4-6,8H2,1H3,(H,16,17). The van der Waals surface area contributed by atoms with Gasteiger partial charge in [0.1, 0.15) is 0 Å². The van der Waals surface area contributed by atoms with Crippen molar-refractivity contribution in [2.75, 3.05) is 18.4 Å². The van der Waals surface area contributed by atoms with Crippen molar-refractivity contribution in [3.05, 3.63) is 28.8 Å². The number of aryl methyl sites for hydroxylation is 1. The van der Waals surface area contributed by atoms with E-state index in [-0.39, 0.29) is 5.91 Å². The van der Waals surface area contributed by atoms with Crippen LogP contribution in [0.4, 0.5) is 5.69 Å². The molecule has 1 amide bonds. The molecule has 1 atom stereocenters. The lowest BCUT2D eigenvalue weighted by atomic mass is 10.0. The summed E-state index contributed by atoms with van der Waals surface area (Å²) in [5.41, 5.74) is 1.79. The molecule has 1 aliphatic heterocycles. The predicted molar refractivity (Wildman–Crippen MR) is 70.4 cm³/mol. The van der Waals surface area contributed by atoms with Crippen molar-refractivity contribution in [3.8, 4) is 0 Å². The van der Waals surface area contributed by atoms with Crippen molar-refractivity contribution in [2.45, 2.75) is 19.8 Å². The minimum absolute atomic E-state index is 0.0682. The van der Waals surface area contributed by atoms with Gasteiger partial charge in [0.15, 0.2) is 0 Å². The number of hydrogen-bond donors (Lipinski definition) is 2. The van der Waals surface area contributed by atoms with Gasteiger partial charge in [-0.2, -0.15) is 0 Å². The topological polar surface area (TPSA) is 41.1 Å². The lowest BCUT2D eigenvalue weighted by Gasteiger charge is -2.10. The van der Waals surface area contributed by atoms with Gasteiger partial charge in [-0.25, -0.2) is 0 Å². The molecule has 0 spiro atoms. The molecule has 0 saturated carbocycles. The highest BCUT2D eigenvalue weighted by molar-refractivity contribution is 6.31. The van der Waals surface area contributed by atoms with Gasteiger partial charge in [0, 0.05) is 17.1 Å². The van der Waals surface area contributed by atoms with Gasteiger partial charge in [-0.3, -0.25) is 4.79 Å². The normalized spacial score (nSPS) is 19.3. The fourth-order valence-electron chi connectivity index (χ4n) is 2.03. The number of benzene rings is 1. The number of halogens is 1. The first-order chi connectivity index (χ1) is 8.15. The van der Waals surface area contributed by atoms with Gasteiger partial charge >= 0.3 is 0 Å². The molecule has 2 rings (SSSR count). The number of carbonyl (C=O) groups excluding carboxylic acids is 1. The van der Waals surface area contributed by atoms with E-state index in [1.807, 2.05) is 19.1 Å². The van der Waals surface area contributed by atoms with Crippen LogP contribution in [0, 0.1) is 12.8 Å². The van der Waals surface area contributed by atoms with Crippen molar-refractivity contribution < 1.29 is 4.79 Å². The molecule has 0 radical (unpaired) electrons. The first-order valence-corrected chi connectivity index (χ1v) is 6.29. The third-order valence-corrected chi connectivity index (χ3v) is 3.50. The fraction of sp³-hybridized carbons (Fsp3) is 0.462. The van der Waals surface area contributed by atoms with Gasteiger partial charge in [-0.05, 0) is 50.0 Å². The number of carbonyl (C=O) groups is 1. The summed E-state index contributed by atoms with van der Waals surface area (Å²) in [6.45, 7) is 3.91. The summed E-state index contributed by atoms with van der Waals surface area (Å²) in [6.07, 6.45) is 1.67. The molecule has 0 aliphatic carbocycles. The van der Waals surface area contributed by atoms with Crippen molar-refractivity contribution in [2.24, 2.45) is 5.92 Å². The number of anilines is 1. The number of hydrogen-bond acceptors (Lipinski definition) is 2. The molecule has 1 aromatic carbocycles. The first kappa shape index (κ1) is 12.4. The van der Waals surface area contributed by atoms with E-state index in [0.29, 0.717) is 17.4 Å². The van der Waals surface area contributed by atoms with Gasteiger partial charge in [0.25, 0.3) is 0 Å². The third-order valence-electron chi connectivity index (χ3n) is 3.09. The van der Waals surface area contributed by atoms with Crippen LogP contribution in [0.15, 0.2) is 18.2 Å². The van der Waals surface area contributed by atoms with E-state index in [1.165, 1.54) is 0 Å². The van der Waals surface area contributed by atoms with Gasteiger partial charge in [0.2, 0.25) is 5.91 Å². The van der Waals surface area contributed by atoms with Gasteiger partial charge in [0.05, 0.1) is 0 Å². The fourth-order valence-corrected chi connectivity index (χ4v) is 2.21. The van der Waals surface area contributed by atoms with E-state index in [1.54, 1.807) is 6.07 Å². The van der Waals surface area contributed by atoms with Crippen molar-refractivity contribution in [1.82, 2.24) is 5.32 Å². The molecule has 0 bridgehead atoms. The number of nitrogens with one attached hydrogen (secondary N) is 2. The average molecular weight is 253 g/mol. The molecule has 1 saturated heterocycles. The smallest absolute Gasteiger partial charge is 0.224 e. The van der Waals surface area contributed by atoms with Crippen LogP contribution in [0.2, 0.25) is 5.02 Å². The van der Waals surface area contributed by atoms with E-state index in [9.17, 15) is 4.79 Å². The summed E-state index contributed by atoms with van der Waals surface area (Å²) in [7, 11) is 0. The zero-order valence-corrected chi connectivity index (χ0v) is 10.7. The second-order valence-corrected chi connectivity index (χ2v) is 4.98. The third kappa shape index (κ3) is 3.45. The van der Waals surface area contributed by atoms with Crippen LogP contribution in [0.3, 0.4) is 0 Å². The van der Waals surface area contributed by atoms with E-state index in [4.69, 9.17) is 11.6 Å². The quantitative estimate of drug-likeness (QED) is 0.868. The van der Waals surface area contributed by atoms with Crippen LogP contribution < -0.4 is 10.6 Å². The predicted octanol–water partition coefficient (Wildman–Crippen LogP) is 2.59. The molecule has 3 nitrogen and oxygen atoms in total. The van der Waals surface area contributed by atoms with Crippen LogP contribution in [-0.4, -0.2) is 19.0 Å². The summed E-state index contributed by atoms with van der Waals surface area (Å²) in [5, 5.41) is 6.83. The van der Waals surface area contributed by atoms with Crippen LogP contribution in [0.5, 0.6) is 0 Å². The Labute approximate surface area is 107 Å². The monoisotopic (exact) mass is 252 g/mol. The van der Waals surface area contributed by atoms with Gasteiger partial charge in [-0.15, -0.1) is 0 Å². The minimum Gasteiger partial charge on any atom is -0.326 e. The molecular weight excluding hydrogens is 236 g/mol. The lowest BCUT2D eigenvalue weighted by Crippen LogP contribution is -2.18. The maximum absolute atomic E-state index is 11.8. The largest absolute Gasteiger partial charge is 0.326 e. The zero-order valence-electron chi connectivity index (χ0n) is 9.92. The number of amides is 1. The maximum atomic E-state index is 11.8. The Morgan fingerprint density at radius 1 is 1.59 bits per heavy atom. The molecule has 0 aromatic heterocycles. The second kappa shape index (κ2) is 5.52. The molecule has 1 heterocycles.